The summed E-state index contributed by atoms with van der Waals surface area (Å²) < 4.78 is 5.60. The number of rotatable bonds is 12. The van der Waals surface area contributed by atoms with Crippen molar-refractivity contribution < 1.29 is 4.43 Å². The highest BCUT2D eigenvalue weighted by atomic mass is 28.4. The fraction of sp³-hybridized carbons (Fsp3) is 0.900. The molecule has 2 aliphatic rings. The summed E-state index contributed by atoms with van der Waals surface area (Å²) in [5, 5.41) is 0. The zero-order valence-electron chi connectivity index (χ0n) is 15.3. The van der Waals surface area contributed by atoms with Crippen molar-refractivity contribution in [3.8, 4) is 0 Å². The molecule has 0 radical (unpaired) electrons. The first-order chi connectivity index (χ1) is 10.6. The summed E-state index contributed by atoms with van der Waals surface area (Å²) in [7, 11) is 0.601. The summed E-state index contributed by atoms with van der Waals surface area (Å²) in [4.78, 5) is 0. The van der Waals surface area contributed by atoms with Crippen molar-refractivity contribution in [2.24, 2.45) is 17.8 Å². The zero-order chi connectivity index (χ0) is 15.8. The van der Waals surface area contributed by atoms with Crippen LogP contribution in [0.1, 0.15) is 70.6 Å². The third kappa shape index (κ3) is 6.20. The Morgan fingerprint density at radius 3 is 2.05 bits per heavy atom. The minimum Gasteiger partial charge on any atom is -0.420 e. The van der Waals surface area contributed by atoms with E-state index in [0.717, 1.165) is 17.8 Å². The van der Waals surface area contributed by atoms with Crippen LogP contribution in [0.3, 0.4) is 0 Å². The van der Waals surface area contributed by atoms with Crippen molar-refractivity contribution in [1.82, 2.24) is 0 Å². The molecule has 0 aromatic rings. The van der Waals surface area contributed by atoms with Gasteiger partial charge >= 0.3 is 0 Å². The molecule has 3 atom stereocenters. The molecule has 0 heterocycles. The Labute approximate surface area is 140 Å². The normalized spacial score (nSPS) is 27.0. The number of hydrogen-bond acceptors (Lipinski definition) is 1. The molecule has 2 heteroatoms. The second kappa shape index (κ2) is 9.27. The Balaban J connectivity index is 1.34. The highest BCUT2D eigenvalue weighted by molar-refractivity contribution is 6.71. The predicted molar refractivity (Wildman–Crippen MR) is 99.7 cm³/mol. The third-order valence-corrected chi connectivity index (χ3v) is 8.74. The Hall–Kier alpha value is -0.0831. The van der Waals surface area contributed by atoms with E-state index in [-0.39, 0.29) is 0 Å². The fourth-order valence-electron chi connectivity index (χ4n) is 4.35. The molecular weight excluding hydrogens is 284 g/mol. The third-order valence-electron chi connectivity index (χ3n) is 6.07. The molecule has 1 fully saturated rings. The van der Waals surface area contributed by atoms with Crippen LogP contribution in [0.15, 0.2) is 12.2 Å². The molecule has 0 aromatic heterocycles. The quantitative estimate of drug-likeness (QED) is 0.224. The largest absolute Gasteiger partial charge is 0.420 e. The van der Waals surface area contributed by atoms with Crippen molar-refractivity contribution in [3.05, 3.63) is 12.2 Å². The van der Waals surface area contributed by atoms with Crippen LogP contribution in [-0.4, -0.2) is 15.4 Å². The van der Waals surface area contributed by atoms with Crippen LogP contribution in [-0.2, 0) is 4.43 Å². The average Bonchev–Trinajstić information content (AvgIpc) is 3.12. The van der Waals surface area contributed by atoms with Gasteiger partial charge in [0, 0.05) is 7.11 Å². The Kier molecular flexibility index (Phi) is 7.69. The summed E-state index contributed by atoms with van der Waals surface area (Å²) in [5.74, 6) is 2.97. The van der Waals surface area contributed by atoms with Crippen LogP contribution in [0.5, 0.6) is 0 Å². The number of hydrogen-bond donors (Lipinski definition) is 0. The first kappa shape index (κ1) is 18.3. The molecule has 0 aromatic carbocycles. The van der Waals surface area contributed by atoms with Gasteiger partial charge in [0.2, 0.25) is 0 Å². The molecule has 1 nitrogen and oxygen atoms in total. The standard InChI is InChI=1S/C20H38OSi/c1-21-22(2,3)15-11-9-7-5-4-6-8-10-12-19-16-18-13-14-20(19)17-18/h13-14,18-20H,4-12,15-17H2,1-3H3. The highest BCUT2D eigenvalue weighted by Crippen LogP contribution is 2.45. The highest BCUT2D eigenvalue weighted by Gasteiger charge is 2.34. The SMILES string of the molecule is CO[Si](C)(C)CCCCCCCCCCC1CC2C=CC1C2. The first-order valence-corrected chi connectivity index (χ1v) is 13.0. The first-order valence-electron chi connectivity index (χ1n) is 9.84. The average molecular weight is 323 g/mol. The number of allylic oxidation sites excluding steroid dienone is 2. The molecule has 3 unspecified atom stereocenters. The van der Waals surface area contributed by atoms with E-state index in [0.29, 0.717) is 0 Å². The van der Waals surface area contributed by atoms with Gasteiger partial charge in [-0.1, -0.05) is 63.5 Å². The molecule has 2 aliphatic carbocycles. The van der Waals surface area contributed by atoms with Gasteiger partial charge in [0.15, 0.2) is 8.32 Å². The van der Waals surface area contributed by atoms with Gasteiger partial charge < -0.3 is 4.43 Å². The smallest absolute Gasteiger partial charge is 0.186 e. The van der Waals surface area contributed by atoms with Crippen LogP contribution in [0.25, 0.3) is 0 Å². The molecular formula is C20H38OSi. The molecule has 2 rings (SSSR count). The van der Waals surface area contributed by atoms with E-state index < -0.39 is 8.32 Å². The second-order valence-corrected chi connectivity index (χ2v) is 12.8. The van der Waals surface area contributed by atoms with E-state index >= 15 is 0 Å². The van der Waals surface area contributed by atoms with Gasteiger partial charge in [-0.05, 0) is 56.2 Å². The van der Waals surface area contributed by atoms with E-state index in [1.807, 2.05) is 7.11 Å². The van der Waals surface area contributed by atoms with E-state index in [9.17, 15) is 0 Å². The molecule has 0 spiro atoms. The van der Waals surface area contributed by atoms with Crippen molar-refractivity contribution in [2.75, 3.05) is 7.11 Å². The second-order valence-electron chi connectivity index (χ2n) is 8.37. The van der Waals surface area contributed by atoms with Crippen molar-refractivity contribution in [3.63, 3.8) is 0 Å². The molecule has 0 saturated heterocycles. The Bertz CT molecular complexity index is 337. The van der Waals surface area contributed by atoms with Crippen molar-refractivity contribution >= 4 is 8.32 Å². The lowest BCUT2D eigenvalue weighted by Crippen LogP contribution is -2.27. The van der Waals surface area contributed by atoms with Crippen LogP contribution < -0.4 is 0 Å². The van der Waals surface area contributed by atoms with Gasteiger partial charge in [0.25, 0.3) is 0 Å². The summed E-state index contributed by atoms with van der Waals surface area (Å²) in [6.45, 7) is 4.66. The molecule has 2 bridgehead atoms. The van der Waals surface area contributed by atoms with Gasteiger partial charge in [-0.3, -0.25) is 0 Å². The molecule has 0 aliphatic heterocycles. The zero-order valence-corrected chi connectivity index (χ0v) is 16.3. The van der Waals surface area contributed by atoms with E-state index in [4.69, 9.17) is 4.43 Å². The fourth-order valence-corrected chi connectivity index (χ4v) is 5.65. The minimum absolute atomic E-state index is 0.959. The maximum atomic E-state index is 5.60. The molecule has 0 amide bonds. The molecule has 22 heavy (non-hydrogen) atoms. The lowest BCUT2D eigenvalue weighted by molar-refractivity contribution is 0.393. The van der Waals surface area contributed by atoms with Crippen LogP contribution in [0.4, 0.5) is 0 Å². The Morgan fingerprint density at radius 1 is 0.864 bits per heavy atom. The molecule has 1 saturated carbocycles. The lowest BCUT2D eigenvalue weighted by atomic mass is 9.88. The Morgan fingerprint density at radius 2 is 1.50 bits per heavy atom. The van der Waals surface area contributed by atoms with Crippen LogP contribution >= 0.6 is 0 Å². The topological polar surface area (TPSA) is 9.23 Å². The van der Waals surface area contributed by atoms with Gasteiger partial charge in [-0.15, -0.1) is 0 Å². The van der Waals surface area contributed by atoms with Gasteiger partial charge in [0.05, 0.1) is 0 Å². The summed E-state index contributed by atoms with van der Waals surface area (Å²) >= 11 is 0. The van der Waals surface area contributed by atoms with E-state index in [1.54, 1.807) is 0 Å². The summed E-state index contributed by atoms with van der Waals surface area (Å²) in [5.41, 5.74) is 0. The van der Waals surface area contributed by atoms with Crippen LogP contribution in [0.2, 0.25) is 19.1 Å². The maximum Gasteiger partial charge on any atom is 0.186 e. The van der Waals surface area contributed by atoms with E-state index in [1.165, 1.54) is 76.7 Å². The van der Waals surface area contributed by atoms with Crippen LogP contribution in [0, 0.1) is 17.8 Å². The lowest BCUT2D eigenvalue weighted by Gasteiger charge is -2.19. The monoisotopic (exact) mass is 322 g/mol. The summed E-state index contributed by atoms with van der Waals surface area (Å²) in [6, 6.07) is 1.33. The van der Waals surface area contributed by atoms with E-state index in [2.05, 4.69) is 25.2 Å². The summed E-state index contributed by atoms with van der Waals surface area (Å²) in [6.07, 6.45) is 21.0. The predicted octanol–water partition coefficient (Wildman–Crippen LogP) is 6.56. The molecule has 0 N–H and O–H groups in total. The number of fused-ring (bicyclic) bond motifs is 2. The number of unbranched alkanes of at least 4 members (excludes halogenated alkanes) is 7. The van der Waals surface area contributed by atoms with Gasteiger partial charge in [-0.2, -0.15) is 0 Å². The van der Waals surface area contributed by atoms with Gasteiger partial charge in [0.1, 0.15) is 0 Å². The maximum absolute atomic E-state index is 5.60. The molecule has 128 valence electrons. The minimum atomic E-state index is -1.29. The van der Waals surface area contributed by atoms with Crippen molar-refractivity contribution in [2.45, 2.75) is 89.8 Å². The van der Waals surface area contributed by atoms with Gasteiger partial charge in [-0.25, -0.2) is 0 Å². The van der Waals surface area contributed by atoms with Crippen molar-refractivity contribution in [1.29, 1.82) is 0 Å².